The first-order valence-corrected chi connectivity index (χ1v) is 9.15. The number of alkyl halides is 1. The fourth-order valence-corrected chi connectivity index (χ4v) is 3.61. The first-order valence-electron chi connectivity index (χ1n) is 9.15. The monoisotopic (exact) mass is 383 g/mol. The quantitative estimate of drug-likeness (QED) is 0.847. The highest BCUT2D eigenvalue weighted by Crippen LogP contribution is 2.39. The lowest BCUT2D eigenvalue weighted by molar-refractivity contribution is 0.119. The Morgan fingerprint density at radius 3 is 2.79 bits per heavy atom. The van der Waals surface area contributed by atoms with Gasteiger partial charge in [0.2, 0.25) is 0 Å². The van der Waals surface area contributed by atoms with Gasteiger partial charge in [-0.2, -0.15) is 5.26 Å². The van der Waals surface area contributed by atoms with Crippen molar-refractivity contribution in [2.24, 2.45) is 5.73 Å². The molecule has 9 heteroatoms. The molecule has 0 radical (unpaired) electrons. The van der Waals surface area contributed by atoms with Crippen molar-refractivity contribution in [3.63, 3.8) is 0 Å². The van der Waals surface area contributed by atoms with E-state index in [1.165, 1.54) is 0 Å². The van der Waals surface area contributed by atoms with Crippen LogP contribution in [0.4, 0.5) is 15.8 Å². The summed E-state index contributed by atoms with van der Waals surface area (Å²) in [5, 5.41) is 13.5. The molecule has 0 amide bonds. The Labute approximate surface area is 162 Å². The molecule has 1 saturated heterocycles. The molecule has 4 rings (SSSR count). The van der Waals surface area contributed by atoms with E-state index in [0.717, 1.165) is 11.4 Å². The number of piperidine rings is 1. The summed E-state index contributed by atoms with van der Waals surface area (Å²) >= 11 is 0. The maximum Gasteiger partial charge on any atom is 0.155 e. The maximum atomic E-state index is 13.8. The number of ether oxygens (including phenoxy) is 1. The molecule has 0 bridgehead atoms. The molecular formula is C19H22FN7O. The molecule has 2 N–H and O–H groups in total. The molecule has 0 spiro atoms. The summed E-state index contributed by atoms with van der Waals surface area (Å²) in [6.45, 7) is 2.09. The van der Waals surface area contributed by atoms with Gasteiger partial charge in [-0.15, -0.1) is 0 Å². The van der Waals surface area contributed by atoms with Crippen LogP contribution < -0.4 is 20.4 Å². The predicted molar refractivity (Wildman–Crippen MR) is 102 cm³/mol. The highest BCUT2D eigenvalue weighted by atomic mass is 19.1. The highest BCUT2D eigenvalue weighted by molar-refractivity contribution is 5.77. The van der Waals surface area contributed by atoms with Gasteiger partial charge in [0.1, 0.15) is 18.7 Å². The van der Waals surface area contributed by atoms with Crippen molar-refractivity contribution in [1.29, 1.82) is 5.26 Å². The van der Waals surface area contributed by atoms with E-state index in [-0.39, 0.29) is 0 Å². The molecule has 3 heterocycles. The number of hydrogen-bond donors (Lipinski definition) is 1. The van der Waals surface area contributed by atoms with E-state index in [2.05, 4.69) is 31.0 Å². The van der Waals surface area contributed by atoms with E-state index in [9.17, 15) is 9.65 Å². The molecule has 2 aromatic rings. The fraction of sp³-hybridized carbons (Fsp3) is 0.421. The predicted octanol–water partition coefficient (Wildman–Crippen LogP) is 1.43. The Kier molecular flexibility index (Phi) is 4.98. The molecule has 0 saturated carbocycles. The molecule has 0 aliphatic carbocycles. The average molecular weight is 383 g/mol. The first kappa shape index (κ1) is 18.4. The minimum Gasteiger partial charge on any atom is -0.494 e. The maximum absolute atomic E-state index is 13.8. The number of benzene rings is 1. The second-order valence-corrected chi connectivity index (χ2v) is 6.97. The topological polar surface area (TPSA) is 94.5 Å². The third-order valence-corrected chi connectivity index (χ3v) is 5.17. The second-order valence-electron chi connectivity index (χ2n) is 6.97. The number of hydrogen-bond acceptors (Lipinski definition) is 8. The zero-order valence-electron chi connectivity index (χ0n) is 15.6. The van der Waals surface area contributed by atoms with Gasteiger partial charge >= 0.3 is 0 Å². The summed E-state index contributed by atoms with van der Waals surface area (Å²) < 4.78 is 18.9. The van der Waals surface area contributed by atoms with Crippen LogP contribution in [-0.2, 0) is 6.54 Å². The largest absolute Gasteiger partial charge is 0.494 e. The number of halogens is 1. The summed E-state index contributed by atoms with van der Waals surface area (Å²) in [6, 6.07) is 7.26. The van der Waals surface area contributed by atoms with Gasteiger partial charge in [0, 0.05) is 13.1 Å². The number of anilines is 2. The molecule has 1 fully saturated rings. The van der Waals surface area contributed by atoms with Gasteiger partial charge in [-0.05, 0) is 24.6 Å². The lowest BCUT2D eigenvalue weighted by Gasteiger charge is -2.39. The minimum absolute atomic E-state index is 0.408. The van der Waals surface area contributed by atoms with Gasteiger partial charge in [0.05, 0.1) is 55.1 Å². The summed E-state index contributed by atoms with van der Waals surface area (Å²) in [5.41, 5.74) is 8.43. The van der Waals surface area contributed by atoms with Crippen LogP contribution in [0.2, 0.25) is 0 Å². The third-order valence-electron chi connectivity index (χ3n) is 5.17. The third kappa shape index (κ3) is 3.44. The number of hydrazine groups is 1. The Balaban J connectivity index is 1.60. The summed E-state index contributed by atoms with van der Waals surface area (Å²) in [4.78, 5) is 10.8. The Hall–Kier alpha value is -2.96. The lowest BCUT2D eigenvalue weighted by atomic mass is 10.1. The van der Waals surface area contributed by atoms with Gasteiger partial charge in [-0.3, -0.25) is 5.01 Å². The van der Waals surface area contributed by atoms with Crippen molar-refractivity contribution in [3.8, 4) is 11.8 Å². The van der Waals surface area contributed by atoms with Crippen molar-refractivity contribution in [3.05, 3.63) is 42.0 Å². The van der Waals surface area contributed by atoms with Crippen LogP contribution in [0.3, 0.4) is 0 Å². The zero-order valence-corrected chi connectivity index (χ0v) is 15.6. The SMILES string of the molecule is COc1cnc(CN2CN(N3CC[C@@H](F)[C@H](N)C3)c3ccc(C#N)cc32)nc1. The van der Waals surface area contributed by atoms with E-state index in [1.807, 2.05) is 12.1 Å². The molecule has 1 aromatic heterocycles. The van der Waals surface area contributed by atoms with Gasteiger partial charge < -0.3 is 15.4 Å². The number of nitriles is 1. The zero-order chi connectivity index (χ0) is 19.7. The van der Waals surface area contributed by atoms with Gasteiger partial charge in [0.15, 0.2) is 5.75 Å². The van der Waals surface area contributed by atoms with E-state index in [4.69, 9.17) is 10.5 Å². The number of nitrogens with zero attached hydrogens (tertiary/aromatic N) is 6. The number of fused-ring (bicyclic) bond motifs is 1. The van der Waals surface area contributed by atoms with Crippen molar-refractivity contribution >= 4 is 11.4 Å². The average Bonchev–Trinajstić information content (AvgIpc) is 3.08. The summed E-state index contributed by atoms with van der Waals surface area (Å²) in [5.74, 6) is 1.25. The molecule has 0 unspecified atom stereocenters. The van der Waals surface area contributed by atoms with Crippen LogP contribution in [-0.4, -0.2) is 54.1 Å². The van der Waals surface area contributed by atoms with E-state index in [1.54, 1.807) is 25.6 Å². The normalized spacial score (nSPS) is 22.1. The molecule has 8 nitrogen and oxygen atoms in total. The number of aromatic nitrogens is 2. The van der Waals surface area contributed by atoms with Crippen LogP contribution in [0.5, 0.6) is 5.75 Å². The molecule has 28 heavy (non-hydrogen) atoms. The van der Waals surface area contributed by atoms with Gasteiger partial charge in [0.25, 0.3) is 0 Å². The highest BCUT2D eigenvalue weighted by Gasteiger charge is 2.35. The molecule has 1 aromatic carbocycles. The Morgan fingerprint density at radius 2 is 2.11 bits per heavy atom. The van der Waals surface area contributed by atoms with Crippen molar-refractivity contribution in [1.82, 2.24) is 15.0 Å². The van der Waals surface area contributed by atoms with Crippen LogP contribution in [0, 0.1) is 11.3 Å². The molecule has 146 valence electrons. The molecule has 2 aliphatic heterocycles. The van der Waals surface area contributed by atoms with Crippen LogP contribution in [0.25, 0.3) is 0 Å². The van der Waals surface area contributed by atoms with Gasteiger partial charge in [-0.1, -0.05) is 0 Å². The minimum atomic E-state index is -0.969. The van der Waals surface area contributed by atoms with Crippen LogP contribution in [0.1, 0.15) is 17.8 Å². The first-order chi connectivity index (χ1) is 13.6. The number of nitrogens with two attached hydrogens (primary N) is 1. The van der Waals surface area contributed by atoms with E-state index < -0.39 is 12.2 Å². The number of rotatable bonds is 4. The van der Waals surface area contributed by atoms with E-state index >= 15 is 0 Å². The lowest BCUT2D eigenvalue weighted by Crippen LogP contribution is -2.56. The molecule has 2 atom stereocenters. The van der Waals surface area contributed by atoms with Crippen molar-refractivity contribution in [2.45, 2.75) is 25.2 Å². The standard InChI is InChI=1S/C19H22FN7O/c1-28-14-8-23-19(24-9-14)11-25-12-27(26-5-4-15(20)16(22)10-26)17-3-2-13(7-21)6-18(17)25/h2-3,6,8-9,15-16H,4-5,10-12,22H2,1H3/t15-,16-/m1/s1. The molecular weight excluding hydrogens is 361 g/mol. The van der Waals surface area contributed by atoms with Crippen molar-refractivity contribution < 1.29 is 9.13 Å². The van der Waals surface area contributed by atoms with Crippen molar-refractivity contribution in [2.75, 3.05) is 36.8 Å². The Bertz CT molecular complexity index is 885. The number of methoxy groups -OCH3 is 1. The fourth-order valence-electron chi connectivity index (χ4n) is 3.61. The smallest absolute Gasteiger partial charge is 0.155 e. The van der Waals surface area contributed by atoms with Gasteiger partial charge in [-0.25, -0.2) is 19.4 Å². The Morgan fingerprint density at radius 1 is 1.32 bits per heavy atom. The summed E-state index contributed by atoms with van der Waals surface area (Å²) in [6.07, 6.45) is 2.70. The van der Waals surface area contributed by atoms with Crippen LogP contribution in [0.15, 0.2) is 30.6 Å². The van der Waals surface area contributed by atoms with E-state index in [0.29, 0.717) is 49.9 Å². The van der Waals surface area contributed by atoms with Crippen LogP contribution >= 0.6 is 0 Å². The summed E-state index contributed by atoms with van der Waals surface area (Å²) in [7, 11) is 1.57. The molecule has 2 aliphatic rings. The second kappa shape index (κ2) is 7.58.